The van der Waals surface area contributed by atoms with Gasteiger partial charge in [0.15, 0.2) is 9.84 Å². The fourth-order valence-electron chi connectivity index (χ4n) is 2.99. The zero-order chi connectivity index (χ0) is 20.6. The normalized spacial score (nSPS) is 11.6. The van der Waals surface area contributed by atoms with Crippen LogP contribution in [0, 0.1) is 11.6 Å². The van der Waals surface area contributed by atoms with E-state index < -0.39 is 9.84 Å². The Morgan fingerprint density at radius 3 is 1.79 bits per heavy atom. The van der Waals surface area contributed by atoms with Crippen LogP contribution in [0.4, 0.5) is 8.78 Å². The van der Waals surface area contributed by atoms with Crippen LogP contribution in [0.1, 0.15) is 0 Å². The lowest BCUT2D eigenvalue weighted by molar-refractivity contribution is 0.602. The summed E-state index contributed by atoms with van der Waals surface area (Å²) in [6.07, 6.45) is 2.93. The van der Waals surface area contributed by atoms with E-state index in [4.69, 9.17) is 0 Å². The Morgan fingerprint density at radius 1 is 0.759 bits per heavy atom. The molecule has 0 unspecified atom stereocenters. The minimum absolute atomic E-state index is 0.212. The summed E-state index contributed by atoms with van der Waals surface area (Å²) in [6, 6.07) is 18.3. The SMILES string of the molecule is CS(=O)(=O)c1ccc(-n2cc(-c3ccc(F)cc3)nc2-c2ccc(F)cc2)cc1. The number of hydrogen-bond acceptors (Lipinski definition) is 3. The smallest absolute Gasteiger partial charge is 0.175 e. The van der Waals surface area contributed by atoms with Gasteiger partial charge in [-0.25, -0.2) is 22.2 Å². The van der Waals surface area contributed by atoms with Gasteiger partial charge in [0.25, 0.3) is 0 Å². The lowest BCUT2D eigenvalue weighted by Gasteiger charge is -2.08. The molecule has 0 saturated carbocycles. The van der Waals surface area contributed by atoms with E-state index in [1.807, 2.05) is 0 Å². The molecule has 0 N–H and O–H groups in total. The number of imidazole rings is 1. The van der Waals surface area contributed by atoms with Crippen LogP contribution in [0.25, 0.3) is 28.3 Å². The molecular formula is C22H16F2N2O2S. The number of nitrogens with zero attached hydrogens (tertiary/aromatic N) is 2. The molecular weight excluding hydrogens is 394 g/mol. The fourth-order valence-corrected chi connectivity index (χ4v) is 3.62. The monoisotopic (exact) mass is 410 g/mol. The number of benzene rings is 3. The third-order valence-corrected chi connectivity index (χ3v) is 5.62. The zero-order valence-electron chi connectivity index (χ0n) is 15.4. The minimum Gasteiger partial charge on any atom is -0.299 e. The number of hydrogen-bond donors (Lipinski definition) is 0. The molecule has 29 heavy (non-hydrogen) atoms. The first kappa shape index (κ1) is 19.0. The highest BCUT2D eigenvalue weighted by molar-refractivity contribution is 7.90. The molecule has 1 aromatic heterocycles. The first-order chi connectivity index (χ1) is 13.8. The van der Waals surface area contributed by atoms with E-state index >= 15 is 0 Å². The maximum Gasteiger partial charge on any atom is 0.175 e. The molecule has 4 rings (SSSR count). The molecule has 0 spiro atoms. The summed E-state index contributed by atoms with van der Waals surface area (Å²) in [4.78, 5) is 4.87. The number of rotatable bonds is 4. The second-order valence-electron chi connectivity index (χ2n) is 6.60. The van der Waals surface area contributed by atoms with Gasteiger partial charge >= 0.3 is 0 Å². The number of sulfone groups is 1. The quantitative estimate of drug-likeness (QED) is 0.481. The van der Waals surface area contributed by atoms with E-state index in [0.29, 0.717) is 22.8 Å². The molecule has 0 saturated heterocycles. The third kappa shape index (κ3) is 3.95. The Labute approximate surface area is 167 Å². The molecule has 0 bridgehead atoms. The van der Waals surface area contributed by atoms with Crippen molar-refractivity contribution in [1.82, 2.24) is 9.55 Å². The van der Waals surface area contributed by atoms with Gasteiger partial charge in [-0.2, -0.15) is 0 Å². The van der Waals surface area contributed by atoms with Crippen molar-refractivity contribution in [3.05, 3.63) is 90.6 Å². The Morgan fingerprint density at radius 2 is 1.28 bits per heavy atom. The van der Waals surface area contributed by atoms with E-state index in [1.54, 1.807) is 47.2 Å². The van der Waals surface area contributed by atoms with Gasteiger partial charge in [-0.05, 0) is 72.8 Å². The molecule has 0 aliphatic heterocycles. The Bertz CT molecular complexity index is 1260. The van der Waals surface area contributed by atoms with Crippen molar-refractivity contribution in [3.63, 3.8) is 0 Å². The molecule has 0 amide bonds. The highest BCUT2D eigenvalue weighted by Crippen LogP contribution is 2.28. The van der Waals surface area contributed by atoms with Crippen molar-refractivity contribution >= 4 is 9.84 Å². The second kappa shape index (κ2) is 7.25. The van der Waals surface area contributed by atoms with Crippen molar-refractivity contribution in [3.8, 4) is 28.3 Å². The number of aromatic nitrogens is 2. The van der Waals surface area contributed by atoms with E-state index in [2.05, 4.69) is 4.98 Å². The summed E-state index contributed by atoms with van der Waals surface area (Å²) in [6.45, 7) is 0. The van der Waals surface area contributed by atoms with Gasteiger partial charge in [0.1, 0.15) is 17.5 Å². The maximum atomic E-state index is 13.4. The molecule has 0 atom stereocenters. The molecule has 0 aliphatic rings. The molecule has 7 heteroatoms. The highest BCUT2D eigenvalue weighted by atomic mass is 32.2. The van der Waals surface area contributed by atoms with E-state index in [9.17, 15) is 17.2 Å². The minimum atomic E-state index is -3.31. The van der Waals surface area contributed by atoms with Gasteiger partial charge in [-0.1, -0.05) is 0 Å². The van der Waals surface area contributed by atoms with Crippen LogP contribution in [-0.2, 0) is 9.84 Å². The molecule has 0 fully saturated rings. The predicted molar refractivity (Wildman–Crippen MR) is 107 cm³/mol. The Hall–Kier alpha value is -3.32. The molecule has 0 aliphatic carbocycles. The van der Waals surface area contributed by atoms with Crippen LogP contribution in [-0.4, -0.2) is 24.2 Å². The van der Waals surface area contributed by atoms with Gasteiger partial charge in [0.2, 0.25) is 0 Å². The Balaban J connectivity index is 1.86. The molecule has 3 aromatic carbocycles. The van der Waals surface area contributed by atoms with E-state index in [1.165, 1.54) is 36.4 Å². The average molecular weight is 410 g/mol. The van der Waals surface area contributed by atoms with Crippen LogP contribution in [0.3, 0.4) is 0 Å². The molecule has 4 aromatic rings. The van der Waals surface area contributed by atoms with Crippen LogP contribution >= 0.6 is 0 Å². The van der Waals surface area contributed by atoms with Gasteiger partial charge in [0.05, 0.1) is 10.6 Å². The fraction of sp³-hybridized carbons (Fsp3) is 0.0455. The summed E-state index contributed by atoms with van der Waals surface area (Å²) < 4.78 is 51.9. The number of halogens is 2. The summed E-state index contributed by atoms with van der Waals surface area (Å²) in [5.74, 6) is -0.150. The van der Waals surface area contributed by atoms with Crippen LogP contribution in [0.5, 0.6) is 0 Å². The average Bonchev–Trinajstić information content (AvgIpc) is 3.14. The Kier molecular flexibility index (Phi) is 4.76. The predicted octanol–water partition coefficient (Wildman–Crippen LogP) is 4.89. The highest BCUT2D eigenvalue weighted by Gasteiger charge is 2.14. The standard InChI is InChI=1S/C22H16F2N2O2S/c1-29(27,28)20-12-10-19(11-13-20)26-14-21(15-2-6-17(23)7-3-15)25-22(26)16-4-8-18(24)9-5-16/h2-14H,1H3. The van der Waals surface area contributed by atoms with Gasteiger partial charge < -0.3 is 0 Å². The summed E-state index contributed by atoms with van der Waals surface area (Å²) in [5.41, 5.74) is 2.71. The van der Waals surface area contributed by atoms with Crippen LogP contribution in [0.15, 0.2) is 83.9 Å². The van der Waals surface area contributed by atoms with Crippen molar-refractivity contribution in [2.75, 3.05) is 6.26 Å². The lowest BCUT2D eigenvalue weighted by Crippen LogP contribution is -1.99. The lowest BCUT2D eigenvalue weighted by atomic mass is 10.2. The zero-order valence-corrected chi connectivity index (χ0v) is 16.2. The van der Waals surface area contributed by atoms with Crippen molar-refractivity contribution in [2.24, 2.45) is 0 Å². The van der Waals surface area contributed by atoms with Crippen LogP contribution in [0.2, 0.25) is 0 Å². The van der Waals surface area contributed by atoms with Gasteiger partial charge in [-0.3, -0.25) is 4.57 Å². The summed E-state index contributed by atoms with van der Waals surface area (Å²) in [7, 11) is -3.31. The summed E-state index contributed by atoms with van der Waals surface area (Å²) in [5, 5.41) is 0. The molecule has 1 heterocycles. The van der Waals surface area contributed by atoms with Crippen LogP contribution < -0.4 is 0 Å². The third-order valence-electron chi connectivity index (χ3n) is 4.49. The topological polar surface area (TPSA) is 52.0 Å². The molecule has 0 radical (unpaired) electrons. The van der Waals surface area contributed by atoms with Crippen molar-refractivity contribution < 1.29 is 17.2 Å². The summed E-state index contributed by atoms with van der Waals surface area (Å²) >= 11 is 0. The largest absolute Gasteiger partial charge is 0.299 e. The van der Waals surface area contributed by atoms with Crippen molar-refractivity contribution in [1.29, 1.82) is 0 Å². The molecule has 146 valence electrons. The first-order valence-electron chi connectivity index (χ1n) is 8.73. The first-order valence-corrected chi connectivity index (χ1v) is 10.6. The van der Waals surface area contributed by atoms with E-state index in [0.717, 1.165) is 11.8 Å². The van der Waals surface area contributed by atoms with Crippen molar-refractivity contribution in [2.45, 2.75) is 4.90 Å². The maximum absolute atomic E-state index is 13.4. The van der Waals surface area contributed by atoms with Gasteiger partial charge in [0, 0.05) is 29.3 Å². The van der Waals surface area contributed by atoms with Gasteiger partial charge in [-0.15, -0.1) is 0 Å². The molecule has 4 nitrogen and oxygen atoms in total. The second-order valence-corrected chi connectivity index (χ2v) is 8.62. The van der Waals surface area contributed by atoms with E-state index in [-0.39, 0.29) is 16.5 Å².